The zero-order valence-corrected chi connectivity index (χ0v) is 36.3. The van der Waals surface area contributed by atoms with E-state index in [-0.39, 0.29) is 25.5 Å². The molecule has 7 aromatic rings. The van der Waals surface area contributed by atoms with E-state index in [0.717, 1.165) is 44.5 Å². The van der Waals surface area contributed by atoms with Crippen LogP contribution in [-0.2, 0) is 25.5 Å². The monoisotopic (exact) mass is 911 g/mol. The second-order valence-electron chi connectivity index (χ2n) is 15.8. The molecule has 0 amide bonds. The van der Waals surface area contributed by atoms with E-state index >= 15 is 0 Å². The van der Waals surface area contributed by atoms with Crippen molar-refractivity contribution in [3.05, 3.63) is 137 Å². The molecule has 1 radical (unpaired) electrons. The molecule has 7 rings (SSSR count). The predicted octanol–water partition coefficient (Wildman–Crippen LogP) is 12.0. The third-order valence-corrected chi connectivity index (χ3v) is 13.7. The van der Waals surface area contributed by atoms with Crippen LogP contribution in [0.2, 0.25) is 17.3 Å². The summed E-state index contributed by atoms with van der Waals surface area (Å²) in [5.41, 5.74) is 16.0. The maximum absolute atomic E-state index is 6.24. The number of rotatable bonds is 4. The average Bonchev–Trinajstić information content (AvgIpc) is 3.41. The van der Waals surface area contributed by atoms with Gasteiger partial charge >= 0.3 is 113 Å². The maximum Gasteiger partial charge on any atom is 0.121 e. The SMILES string of the molecule is Cc1c[c-]c(-c2cc[c]([Ge]([CH3])([CH3])[CH3])cn2)c(C)c1.Cc1cc(C)c(-c2ccc3c(c2)oc2c[c-]c(-c4cc(C(C)(C)C)ccn4)cc23)c(C)c1.[Ir]. The summed E-state index contributed by atoms with van der Waals surface area (Å²) in [7, 11) is 0. The molecule has 0 unspecified atom stereocenters. The largest absolute Gasteiger partial charge is 0.500 e. The van der Waals surface area contributed by atoms with Gasteiger partial charge in [-0.3, -0.25) is 0 Å². The Kier molecular flexibility index (Phi) is 11.3. The second-order valence-corrected chi connectivity index (χ2v) is 26.5. The van der Waals surface area contributed by atoms with Crippen LogP contribution in [0.4, 0.5) is 0 Å². The molecule has 0 fully saturated rings. The summed E-state index contributed by atoms with van der Waals surface area (Å²) >= 11 is -1.74. The third-order valence-electron chi connectivity index (χ3n) is 9.44. The summed E-state index contributed by atoms with van der Waals surface area (Å²) in [5, 5.41) is 2.22. The number of aryl methyl sites for hydroxylation is 5. The number of hydrogen-bond acceptors (Lipinski definition) is 3. The first-order chi connectivity index (χ1) is 23.6. The normalized spacial score (nSPS) is 11.7. The fourth-order valence-electron chi connectivity index (χ4n) is 6.72. The third kappa shape index (κ3) is 8.46. The molecule has 4 aromatic carbocycles. The number of pyridine rings is 2. The fraction of sp³-hybridized carbons (Fsp3) is 0.261. The Labute approximate surface area is 320 Å². The van der Waals surface area contributed by atoms with Crippen LogP contribution in [0.15, 0.2) is 95.7 Å². The minimum atomic E-state index is -1.74. The summed E-state index contributed by atoms with van der Waals surface area (Å²) < 4.78 is 7.68. The molecular weight excluding hydrogens is 861 g/mol. The predicted molar refractivity (Wildman–Crippen MR) is 215 cm³/mol. The van der Waals surface area contributed by atoms with Crippen LogP contribution in [-0.4, -0.2) is 23.2 Å². The van der Waals surface area contributed by atoms with E-state index in [1.807, 2.05) is 18.3 Å². The second kappa shape index (κ2) is 15.0. The van der Waals surface area contributed by atoms with Gasteiger partial charge in [-0.1, -0.05) is 62.1 Å². The van der Waals surface area contributed by atoms with Crippen molar-refractivity contribution in [3.8, 4) is 33.6 Å². The summed E-state index contributed by atoms with van der Waals surface area (Å²) in [5.74, 6) is 7.17. The first-order valence-corrected chi connectivity index (χ1v) is 24.8. The first-order valence-electron chi connectivity index (χ1n) is 17.5. The molecule has 0 spiro atoms. The fourth-order valence-corrected chi connectivity index (χ4v) is 8.89. The Bertz CT molecular complexity index is 2320. The van der Waals surface area contributed by atoms with Crippen molar-refractivity contribution in [3.63, 3.8) is 0 Å². The van der Waals surface area contributed by atoms with Gasteiger partial charge in [-0.2, -0.15) is 0 Å². The molecule has 0 aliphatic carbocycles. The Morgan fingerprint density at radius 1 is 0.647 bits per heavy atom. The molecule has 3 aromatic heterocycles. The minimum Gasteiger partial charge on any atom is -0.500 e. The number of fused-ring (bicyclic) bond motifs is 3. The minimum absolute atomic E-state index is 0. The van der Waals surface area contributed by atoms with E-state index in [0.29, 0.717) is 0 Å². The van der Waals surface area contributed by atoms with Gasteiger partial charge in [-0.25, -0.2) is 0 Å². The van der Waals surface area contributed by atoms with Crippen LogP contribution in [0.3, 0.4) is 0 Å². The Morgan fingerprint density at radius 3 is 1.98 bits per heavy atom. The van der Waals surface area contributed by atoms with Crippen LogP contribution in [0.1, 0.15) is 54.2 Å². The summed E-state index contributed by atoms with van der Waals surface area (Å²) in [6, 6.07) is 34.7. The van der Waals surface area contributed by atoms with Crippen molar-refractivity contribution in [1.82, 2.24) is 9.97 Å². The standard InChI is InChI=1S/C30H28NO.C16H20GeN.Ir/c1-18-13-19(2)29(20(3)14-18)22-7-9-24-25-15-21(8-10-27(25)32-28(24)16-22)26-17-23(11-12-31-26)30(4,5)6;1-12-6-8-15(13(2)10-12)16-9-7-14(11-18-16)17(3,4)5;/h7,9-17H,1-6H3;6-7,9-11H,1-5H3;/q2*-1;. The Hall–Kier alpha value is -3.83. The number of benzene rings is 4. The zero-order chi connectivity index (χ0) is 36.0. The van der Waals surface area contributed by atoms with Crippen LogP contribution in [0, 0.1) is 46.8 Å². The van der Waals surface area contributed by atoms with E-state index in [1.165, 1.54) is 48.9 Å². The molecule has 5 heteroatoms. The molecule has 0 aliphatic rings. The number of furan rings is 1. The molecular formula is C46H48GeIrN2O-2. The molecule has 3 nitrogen and oxygen atoms in total. The van der Waals surface area contributed by atoms with E-state index in [4.69, 9.17) is 4.42 Å². The number of nitrogens with zero attached hydrogens (tertiary/aromatic N) is 2. The van der Waals surface area contributed by atoms with E-state index in [9.17, 15) is 0 Å². The average molecular weight is 910 g/mol. The van der Waals surface area contributed by atoms with Gasteiger partial charge in [0.25, 0.3) is 0 Å². The molecule has 0 N–H and O–H groups in total. The van der Waals surface area contributed by atoms with Crippen molar-refractivity contribution in [1.29, 1.82) is 0 Å². The van der Waals surface area contributed by atoms with Crippen molar-refractivity contribution >= 4 is 39.6 Å². The van der Waals surface area contributed by atoms with Gasteiger partial charge in [0.2, 0.25) is 0 Å². The molecule has 51 heavy (non-hydrogen) atoms. The Morgan fingerprint density at radius 2 is 1.35 bits per heavy atom. The maximum atomic E-state index is 6.24. The first kappa shape index (κ1) is 38.4. The van der Waals surface area contributed by atoms with E-state index in [2.05, 4.69) is 168 Å². The molecule has 263 valence electrons. The molecule has 0 atom stereocenters. The smallest absolute Gasteiger partial charge is 0.121 e. The van der Waals surface area contributed by atoms with Crippen LogP contribution in [0.5, 0.6) is 0 Å². The number of hydrogen-bond donors (Lipinski definition) is 0. The van der Waals surface area contributed by atoms with Gasteiger partial charge in [-0.15, -0.1) is 23.8 Å². The van der Waals surface area contributed by atoms with Crippen molar-refractivity contribution in [2.45, 2.75) is 78.1 Å². The summed E-state index contributed by atoms with van der Waals surface area (Å²) in [6.07, 6.45) is 3.95. The van der Waals surface area contributed by atoms with E-state index in [1.54, 1.807) is 0 Å². The Balaban J connectivity index is 0.000000226. The van der Waals surface area contributed by atoms with Crippen LogP contribution in [0.25, 0.3) is 55.6 Å². The summed E-state index contributed by atoms with van der Waals surface area (Å²) in [4.78, 5) is 9.23. The molecule has 0 bridgehead atoms. The number of aromatic nitrogens is 2. The van der Waals surface area contributed by atoms with Gasteiger partial charge in [0, 0.05) is 31.7 Å². The summed E-state index contributed by atoms with van der Waals surface area (Å²) in [6.45, 7) is 17.4. The molecule has 0 saturated carbocycles. The van der Waals surface area contributed by atoms with Crippen molar-refractivity contribution in [2.75, 3.05) is 0 Å². The molecule has 0 saturated heterocycles. The van der Waals surface area contributed by atoms with Gasteiger partial charge in [-0.05, 0) is 71.8 Å². The molecule has 0 aliphatic heterocycles. The van der Waals surface area contributed by atoms with Crippen molar-refractivity contribution < 1.29 is 24.5 Å². The zero-order valence-electron chi connectivity index (χ0n) is 31.8. The molecule has 3 heterocycles. The van der Waals surface area contributed by atoms with Crippen LogP contribution < -0.4 is 4.40 Å². The van der Waals surface area contributed by atoms with Gasteiger partial charge in [0.15, 0.2) is 0 Å². The van der Waals surface area contributed by atoms with Gasteiger partial charge in [0.05, 0.1) is 5.58 Å². The van der Waals surface area contributed by atoms with Crippen molar-refractivity contribution in [2.24, 2.45) is 0 Å². The quantitative estimate of drug-likeness (QED) is 0.130. The topological polar surface area (TPSA) is 38.9 Å². The van der Waals surface area contributed by atoms with E-state index < -0.39 is 13.3 Å². The van der Waals surface area contributed by atoms with Gasteiger partial charge in [0.1, 0.15) is 5.58 Å². The van der Waals surface area contributed by atoms with Gasteiger partial charge < -0.3 is 9.40 Å². The van der Waals surface area contributed by atoms with Crippen LogP contribution >= 0.6 is 0 Å².